The van der Waals surface area contributed by atoms with Crippen molar-refractivity contribution in [2.75, 3.05) is 37.3 Å². The van der Waals surface area contributed by atoms with Crippen LogP contribution in [0.4, 0.5) is 16.2 Å². The highest BCUT2D eigenvalue weighted by atomic mass is 16.3. The van der Waals surface area contributed by atoms with Gasteiger partial charge in [-0.2, -0.15) is 0 Å². The molecular weight excluding hydrogens is 769 g/mol. The summed E-state index contributed by atoms with van der Waals surface area (Å²) in [5.41, 5.74) is 7.61. The second-order valence-corrected chi connectivity index (χ2v) is 15.3. The fourth-order valence-electron chi connectivity index (χ4n) is 8.39. The number of rotatable bonds is 12. The summed E-state index contributed by atoms with van der Waals surface area (Å²) in [6.45, 7) is 4.60. The molecule has 13 heteroatoms. The zero-order valence-electron chi connectivity index (χ0n) is 34.1. The first-order valence-electron chi connectivity index (χ1n) is 20.2. The van der Waals surface area contributed by atoms with Gasteiger partial charge < -0.3 is 35.4 Å². The van der Waals surface area contributed by atoms with E-state index in [4.69, 9.17) is 0 Å². The van der Waals surface area contributed by atoms with E-state index >= 15 is 0 Å². The molecule has 1 aromatic heterocycles. The van der Waals surface area contributed by atoms with Crippen LogP contribution in [0.3, 0.4) is 0 Å². The summed E-state index contributed by atoms with van der Waals surface area (Å²) in [5, 5.41) is 23.3. The fourth-order valence-corrected chi connectivity index (χ4v) is 8.39. The van der Waals surface area contributed by atoms with Crippen molar-refractivity contribution < 1.29 is 24.3 Å². The number of nitrogens with one attached hydrogen (secondary N) is 3. The van der Waals surface area contributed by atoms with Crippen LogP contribution in [0, 0.1) is 0 Å². The lowest BCUT2D eigenvalue weighted by Crippen LogP contribution is -2.76. The van der Waals surface area contributed by atoms with Gasteiger partial charge >= 0.3 is 6.03 Å². The van der Waals surface area contributed by atoms with E-state index in [1.807, 2.05) is 93.0 Å². The number of phenolic OH excluding ortho intramolecular Hbond substituents is 1. The molecule has 0 spiro atoms. The van der Waals surface area contributed by atoms with Gasteiger partial charge in [-0.1, -0.05) is 78.9 Å². The third-order valence-corrected chi connectivity index (χ3v) is 11.4. The smallest absolute Gasteiger partial charge is 0.334 e. The Bertz CT molecular complexity index is 2570. The van der Waals surface area contributed by atoms with Crippen molar-refractivity contribution in [3.63, 3.8) is 0 Å². The second kappa shape index (κ2) is 17.5. The quantitative estimate of drug-likeness (QED) is 0.102. The van der Waals surface area contributed by atoms with Gasteiger partial charge in [-0.3, -0.25) is 14.4 Å². The molecule has 2 aliphatic rings. The number of urea groups is 1. The Labute approximate surface area is 354 Å². The van der Waals surface area contributed by atoms with Crippen molar-refractivity contribution in [1.29, 1.82) is 0 Å². The molecule has 2 aliphatic heterocycles. The Balaban J connectivity index is 1.09. The van der Waals surface area contributed by atoms with Gasteiger partial charge in [-0.05, 0) is 70.8 Å². The molecule has 0 radical (unpaired) electrons. The first kappa shape index (κ1) is 40.4. The van der Waals surface area contributed by atoms with Crippen molar-refractivity contribution >= 4 is 46.0 Å². The largest absolute Gasteiger partial charge is 0.508 e. The maximum Gasteiger partial charge on any atom is 0.334 e. The summed E-state index contributed by atoms with van der Waals surface area (Å²) >= 11 is 0. The SMILES string of the molecule is C=CCN1CC(=O)N2[C@@H](Cc3ccc(O)cc3)C(=O)N(Cc3cccc4c(-c5ccc(NC(=O)c6ccc(NC)cc6)cc5)cn(C)c34)C[C@@H]2N1C(=O)NCc1ccccc1. The molecule has 13 nitrogen and oxygen atoms in total. The highest BCUT2D eigenvalue weighted by molar-refractivity contribution is 6.05. The number of aryl methyl sites for hydroxylation is 1. The van der Waals surface area contributed by atoms with E-state index in [0.717, 1.165) is 44.4 Å². The third kappa shape index (κ3) is 8.41. The van der Waals surface area contributed by atoms with Crippen LogP contribution in [0.15, 0.2) is 140 Å². The van der Waals surface area contributed by atoms with Crippen molar-refractivity contribution in [3.8, 4) is 16.9 Å². The minimum Gasteiger partial charge on any atom is -0.508 e. The van der Waals surface area contributed by atoms with Crippen LogP contribution in [0.25, 0.3) is 22.0 Å². The number of hydrogen-bond acceptors (Lipinski definition) is 7. The molecule has 310 valence electrons. The van der Waals surface area contributed by atoms with E-state index < -0.39 is 18.2 Å². The number of para-hydroxylation sites is 1. The van der Waals surface area contributed by atoms with Crippen LogP contribution in [0.5, 0.6) is 5.75 Å². The number of aromatic hydroxyl groups is 1. The molecule has 0 bridgehead atoms. The molecule has 6 aromatic rings. The van der Waals surface area contributed by atoms with Gasteiger partial charge in [0.15, 0.2) is 0 Å². The lowest BCUT2D eigenvalue weighted by atomic mass is 9.97. The summed E-state index contributed by atoms with van der Waals surface area (Å²) in [5.74, 6) is -0.606. The summed E-state index contributed by atoms with van der Waals surface area (Å²) in [7, 11) is 3.80. The number of fused-ring (bicyclic) bond motifs is 2. The number of anilines is 2. The van der Waals surface area contributed by atoms with Crippen molar-refractivity contribution in [3.05, 3.63) is 162 Å². The normalized spacial score (nSPS) is 16.7. The first-order valence-corrected chi connectivity index (χ1v) is 20.2. The molecule has 2 saturated heterocycles. The molecule has 61 heavy (non-hydrogen) atoms. The number of piperazine rings is 1. The van der Waals surface area contributed by atoms with E-state index in [1.54, 1.807) is 62.3 Å². The zero-order valence-corrected chi connectivity index (χ0v) is 34.1. The highest BCUT2D eigenvalue weighted by Crippen LogP contribution is 2.35. The Morgan fingerprint density at radius 2 is 1.57 bits per heavy atom. The maximum atomic E-state index is 14.8. The predicted octanol–water partition coefficient (Wildman–Crippen LogP) is 6.58. The third-order valence-electron chi connectivity index (χ3n) is 11.4. The lowest BCUT2D eigenvalue weighted by molar-refractivity contribution is -0.189. The van der Waals surface area contributed by atoms with E-state index in [-0.39, 0.29) is 62.6 Å². The van der Waals surface area contributed by atoms with Crippen LogP contribution >= 0.6 is 0 Å². The topological polar surface area (TPSA) is 142 Å². The molecule has 8 rings (SSSR count). The molecule has 5 aromatic carbocycles. The average molecular weight is 817 g/mol. The number of amides is 5. The summed E-state index contributed by atoms with van der Waals surface area (Å²) < 4.78 is 2.05. The maximum absolute atomic E-state index is 14.8. The summed E-state index contributed by atoms with van der Waals surface area (Å²) in [6, 6.07) is 35.9. The molecule has 2 atom stereocenters. The Hall–Kier alpha value is -7.38. The number of nitrogens with zero attached hydrogens (tertiary/aromatic N) is 5. The number of aromatic nitrogens is 1. The van der Waals surface area contributed by atoms with Crippen LogP contribution in [0.2, 0.25) is 0 Å². The Kier molecular flexibility index (Phi) is 11.6. The predicted molar refractivity (Wildman–Crippen MR) is 236 cm³/mol. The minimum atomic E-state index is -0.916. The summed E-state index contributed by atoms with van der Waals surface area (Å²) in [6.07, 6.45) is 3.09. The fraction of sp³-hybridized carbons (Fsp3) is 0.208. The highest BCUT2D eigenvalue weighted by Gasteiger charge is 2.51. The number of carbonyl (C=O) groups is 4. The first-order chi connectivity index (χ1) is 29.6. The van der Waals surface area contributed by atoms with E-state index in [0.29, 0.717) is 11.3 Å². The van der Waals surface area contributed by atoms with Crippen molar-refractivity contribution in [2.45, 2.75) is 31.7 Å². The number of phenols is 1. The van der Waals surface area contributed by atoms with E-state index in [9.17, 15) is 24.3 Å². The van der Waals surface area contributed by atoms with E-state index in [1.165, 1.54) is 0 Å². The van der Waals surface area contributed by atoms with Gasteiger partial charge in [0.1, 0.15) is 18.0 Å². The number of benzene rings is 5. The number of hydrogen-bond donors (Lipinski definition) is 4. The average Bonchev–Trinajstić information content (AvgIpc) is 3.62. The second-order valence-electron chi connectivity index (χ2n) is 15.3. The van der Waals surface area contributed by atoms with Gasteiger partial charge in [0, 0.05) is 74.2 Å². The minimum absolute atomic E-state index is 0.0730. The molecule has 2 fully saturated rings. The standard InChI is InChI=1S/C48H48N8O5/c1-4-25-54-31-44(58)55-42(26-32-13-23-39(57)24-14-32)47(60)53(30-43(55)56(54)48(61)50-27-33-9-6-5-7-10-33)28-36-11-8-12-40-41(29-52(3)45(36)40)34-15-21-38(22-16-34)51-46(59)35-17-19-37(49-2)20-18-35/h4-24,29,42-43,49,57H,1,25-28,30-31H2,2-3H3,(H,50,61)(H,51,59)/t42-,43-/m0/s1. The van der Waals surface area contributed by atoms with Gasteiger partial charge in [0.25, 0.3) is 5.91 Å². The molecular formula is C48H48N8O5. The molecule has 0 aliphatic carbocycles. The van der Waals surface area contributed by atoms with Crippen molar-refractivity contribution in [1.82, 2.24) is 29.7 Å². The zero-order chi connectivity index (χ0) is 42.6. The van der Waals surface area contributed by atoms with Crippen LogP contribution in [-0.2, 0) is 36.1 Å². The molecule has 4 N–H and O–H groups in total. The van der Waals surface area contributed by atoms with Crippen LogP contribution < -0.4 is 16.0 Å². The Morgan fingerprint density at radius 1 is 0.852 bits per heavy atom. The van der Waals surface area contributed by atoms with Crippen molar-refractivity contribution in [2.24, 2.45) is 7.05 Å². The Morgan fingerprint density at radius 3 is 2.28 bits per heavy atom. The van der Waals surface area contributed by atoms with Crippen LogP contribution in [-0.4, -0.2) is 92.1 Å². The number of hydrazine groups is 1. The monoisotopic (exact) mass is 816 g/mol. The summed E-state index contributed by atoms with van der Waals surface area (Å²) in [4.78, 5) is 59.4. The van der Waals surface area contributed by atoms with E-state index in [2.05, 4.69) is 39.4 Å². The van der Waals surface area contributed by atoms with Gasteiger partial charge in [0.2, 0.25) is 11.8 Å². The number of carbonyl (C=O) groups excluding carboxylic acids is 4. The molecule has 0 unspecified atom stereocenters. The van der Waals surface area contributed by atoms with Gasteiger partial charge in [0.05, 0.1) is 18.6 Å². The van der Waals surface area contributed by atoms with Gasteiger partial charge in [-0.25, -0.2) is 14.8 Å². The van der Waals surface area contributed by atoms with Gasteiger partial charge in [-0.15, -0.1) is 6.58 Å². The lowest BCUT2D eigenvalue weighted by Gasteiger charge is -2.55. The molecule has 0 saturated carbocycles. The molecule has 3 heterocycles. The molecule has 5 amide bonds. The van der Waals surface area contributed by atoms with Crippen LogP contribution in [0.1, 0.15) is 27.0 Å².